The molecule has 0 saturated heterocycles. The molecule has 0 amide bonds. The maximum absolute atomic E-state index is 11.4. The number of esters is 2. The minimum atomic E-state index is -1.40. The summed E-state index contributed by atoms with van der Waals surface area (Å²) in [6, 6.07) is 5.27. The lowest BCUT2D eigenvalue weighted by atomic mass is 10.1. The normalized spacial score (nSPS) is 10.1. The number of aryl methyl sites for hydroxylation is 2. The first-order valence-corrected chi connectivity index (χ1v) is 5.39. The van der Waals surface area contributed by atoms with Crippen LogP contribution in [0.5, 0.6) is 5.75 Å². The molecule has 0 aromatic heterocycles. The quantitative estimate of drug-likeness (QED) is 0.598. The molecule has 18 heavy (non-hydrogen) atoms. The van der Waals surface area contributed by atoms with Crippen molar-refractivity contribution in [1.29, 1.82) is 0 Å². The van der Waals surface area contributed by atoms with Crippen LogP contribution in [-0.4, -0.2) is 32.3 Å². The topological polar surface area (TPSA) is 61.8 Å². The van der Waals surface area contributed by atoms with Crippen molar-refractivity contribution < 1.29 is 23.8 Å². The molecular weight excluding hydrogens is 236 g/mol. The van der Waals surface area contributed by atoms with E-state index in [2.05, 4.69) is 9.47 Å². The van der Waals surface area contributed by atoms with Crippen LogP contribution in [0.25, 0.3) is 0 Å². The van der Waals surface area contributed by atoms with Crippen LogP contribution in [0.1, 0.15) is 11.1 Å². The number of hydrogen-bond acceptors (Lipinski definition) is 5. The number of ether oxygens (including phenoxy) is 3. The highest BCUT2D eigenvalue weighted by Gasteiger charge is 2.30. The van der Waals surface area contributed by atoms with E-state index in [1.165, 1.54) is 14.2 Å². The van der Waals surface area contributed by atoms with Gasteiger partial charge in [0.2, 0.25) is 0 Å². The van der Waals surface area contributed by atoms with Gasteiger partial charge < -0.3 is 14.2 Å². The Bertz CT molecular complexity index is 437. The molecule has 0 radical (unpaired) electrons. The molecule has 0 fully saturated rings. The molecule has 0 atom stereocenters. The monoisotopic (exact) mass is 252 g/mol. The van der Waals surface area contributed by atoms with Gasteiger partial charge in [0, 0.05) is 0 Å². The van der Waals surface area contributed by atoms with Crippen LogP contribution in [-0.2, 0) is 19.1 Å². The molecule has 0 bridgehead atoms. The SMILES string of the molecule is COC(=O)C(Oc1ccc(C)c(C)c1)C(=O)OC. The fourth-order valence-corrected chi connectivity index (χ4v) is 1.33. The van der Waals surface area contributed by atoms with Gasteiger partial charge in [-0.2, -0.15) is 0 Å². The van der Waals surface area contributed by atoms with E-state index >= 15 is 0 Å². The van der Waals surface area contributed by atoms with Gasteiger partial charge in [-0.15, -0.1) is 0 Å². The van der Waals surface area contributed by atoms with Gasteiger partial charge in [0.25, 0.3) is 6.10 Å². The molecule has 0 spiro atoms. The molecule has 0 heterocycles. The summed E-state index contributed by atoms with van der Waals surface area (Å²) in [6.45, 7) is 3.87. The molecule has 0 aliphatic rings. The molecule has 0 saturated carbocycles. The van der Waals surface area contributed by atoms with Crippen molar-refractivity contribution in [3.8, 4) is 5.75 Å². The first kappa shape index (κ1) is 14.0. The van der Waals surface area contributed by atoms with E-state index in [-0.39, 0.29) is 0 Å². The number of hydrogen-bond donors (Lipinski definition) is 0. The highest BCUT2D eigenvalue weighted by molar-refractivity contribution is 5.98. The summed E-state index contributed by atoms with van der Waals surface area (Å²) in [5, 5.41) is 0. The Labute approximate surface area is 106 Å². The summed E-state index contributed by atoms with van der Waals surface area (Å²) in [5.41, 5.74) is 2.09. The van der Waals surface area contributed by atoms with Gasteiger partial charge in [0.05, 0.1) is 14.2 Å². The number of benzene rings is 1. The Kier molecular flexibility index (Phi) is 4.71. The van der Waals surface area contributed by atoms with Gasteiger partial charge in [0.1, 0.15) is 5.75 Å². The highest BCUT2D eigenvalue weighted by atomic mass is 16.6. The molecular formula is C13H16O5. The van der Waals surface area contributed by atoms with E-state index in [4.69, 9.17) is 4.74 Å². The van der Waals surface area contributed by atoms with Gasteiger partial charge in [-0.25, -0.2) is 9.59 Å². The first-order valence-electron chi connectivity index (χ1n) is 5.39. The molecule has 0 N–H and O–H groups in total. The summed E-state index contributed by atoms with van der Waals surface area (Å²) in [4.78, 5) is 22.8. The molecule has 0 aliphatic heterocycles. The van der Waals surface area contributed by atoms with E-state index in [1.54, 1.807) is 12.1 Å². The summed E-state index contributed by atoms with van der Waals surface area (Å²) >= 11 is 0. The Morgan fingerprint density at radius 1 is 1.00 bits per heavy atom. The lowest BCUT2D eigenvalue weighted by Crippen LogP contribution is -2.37. The predicted molar refractivity (Wildman–Crippen MR) is 64.4 cm³/mol. The van der Waals surface area contributed by atoms with E-state index < -0.39 is 18.0 Å². The van der Waals surface area contributed by atoms with Gasteiger partial charge in [-0.1, -0.05) is 6.07 Å². The van der Waals surface area contributed by atoms with Crippen molar-refractivity contribution >= 4 is 11.9 Å². The maximum atomic E-state index is 11.4. The second kappa shape index (κ2) is 6.05. The average Bonchev–Trinajstić information content (AvgIpc) is 2.38. The van der Waals surface area contributed by atoms with Gasteiger partial charge >= 0.3 is 11.9 Å². The van der Waals surface area contributed by atoms with Crippen LogP contribution in [0, 0.1) is 13.8 Å². The second-order valence-corrected chi connectivity index (χ2v) is 3.79. The molecule has 5 heteroatoms. The van der Waals surface area contributed by atoms with E-state index in [0.717, 1.165) is 11.1 Å². The summed E-state index contributed by atoms with van der Waals surface area (Å²) in [7, 11) is 2.37. The Balaban J connectivity index is 2.92. The Morgan fingerprint density at radius 2 is 1.56 bits per heavy atom. The lowest BCUT2D eigenvalue weighted by Gasteiger charge is -2.15. The van der Waals surface area contributed by atoms with Gasteiger partial charge in [-0.3, -0.25) is 0 Å². The zero-order valence-corrected chi connectivity index (χ0v) is 10.9. The third kappa shape index (κ3) is 3.23. The number of methoxy groups -OCH3 is 2. The van der Waals surface area contributed by atoms with Crippen molar-refractivity contribution in [2.75, 3.05) is 14.2 Å². The maximum Gasteiger partial charge on any atom is 0.359 e. The molecule has 98 valence electrons. The molecule has 1 aromatic carbocycles. The van der Waals surface area contributed by atoms with Crippen LogP contribution in [0.15, 0.2) is 18.2 Å². The van der Waals surface area contributed by atoms with Gasteiger partial charge in [-0.05, 0) is 37.1 Å². The fourth-order valence-electron chi connectivity index (χ4n) is 1.33. The van der Waals surface area contributed by atoms with Crippen LogP contribution >= 0.6 is 0 Å². The second-order valence-electron chi connectivity index (χ2n) is 3.79. The van der Waals surface area contributed by atoms with Crippen LogP contribution < -0.4 is 4.74 Å². The van der Waals surface area contributed by atoms with E-state index in [0.29, 0.717) is 5.75 Å². The van der Waals surface area contributed by atoms with Crippen molar-refractivity contribution in [3.63, 3.8) is 0 Å². The fraction of sp³-hybridized carbons (Fsp3) is 0.385. The molecule has 0 aliphatic carbocycles. The van der Waals surface area contributed by atoms with E-state index in [1.807, 2.05) is 19.9 Å². The zero-order chi connectivity index (χ0) is 13.7. The molecule has 0 unspecified atom stereocenters. The van der Waals surface area contributed by atoms with Crippen molar-refractivity contribution in [1.82, 2.24) is 0 Å². The summed E-state index contributed by atoms with van der Waals surface area (Å²) in [6.07, 6.45) is -1.40. The highest BCUT2D eigenvalue weighted by Crippen LogP contribution is 2.18. The van der Waals surface area contributed by atoms with Crippen LogP contribution in [0.3, 0.4) is 0 Å². The minimum Gasteiger partial charge on any atom is -0.467 e. The Hall–Kier alpha value is -2.04. The van der Waals surface area contributed by atoms with Crippen molar-refractivity contribution in [3.05, 3.63) is 29.3 Å². The predicted octanol–water partition coefficient (Wildman–Crippen LogP) is 1.40. The molecule has 5 nitrogen and oxygen atoms in total. The standard InChI is InChI=1S/C13H16O5/c1-8-5-6-10(7-9(8)2)18-11(12(14)16-3)13(15)17-4/h5-7,11H,1-4H3. The van der Waals surface area contributed by atoms with Crippen LogP contribution in [0.4, 0.5) is 0 Å². The number of carbonyl (C=O) groups excluding carboxylic acids is 2. The average molecular weight is 252 g/mol. The third-order valence-corrected chi connectivity index (χ3v) is 2.56. The lowest BCUT2D eigenvalue weighted by molar-refractivity contribution is -0.163. The zero-order valence-electron chi connectivity index (χ0n) is 10.9. The first-order chi connectivity index (χ1) is 8.49. The van der Waals surface area contributed by atoms with Crippen molar-refractivity contribution in [2.24, 2.45) is 0 Å². The summed E-state index contributed by atoms with van der Waals surface area (Å²) < 4.78 is 14.3. The van der Waals surface area contributed by atoms with Gasteiger partial charge in [0.15, 0.2) is 0 Å². The van der Waals surface area contributed by atoms with Crippen molar-refractivity contribution in [2.45, 2.75) is 20.0 Å². The van der Waals surface area contributed by atoms with Crippen LogP contribution in [0.2, 0.25) is 0 Å². The number of carbonyl (C=O) groups is 2. The third-order valence-electron chi connectivity index (χ3n) is 2.56. The molecule has 1 rings (SSSR count). The minimum absolute atomic E-state index is 0.416. The summed E-state index contributed by atoms with van der Waals surface area (Å²) in [5.74, 6) is -1.17. The Morgan fingerprint density at radius 3 is 2.00 bits per heavy atom. The number of rotatable bonds is 4. The molecule has 1 aromatic rings. The van der Waals surface area contributed by atoms with E-state index in [9.17, 15) is 9.59 Å². The smallest absolute Gasteiger partial charge is 0.359 e. The largest absolute Gasteiger partial charge is 0.467 e.